The monoisotopic (exact) mass is 688 g/mol. The fraction of sp³-hybridized carbons (Fsp3) is 0.0417. The van der Waals surface area contributed by atoms with E-state index < -0.39 is 0 Å². The van der Waals surface area contributed by atoms with Gasteiger partial charge in [-0.15, -0.1) is 28.3 Å². The second-order valence-corrected chi connectivity index (χ2v) is 8.64. The average molecular weight is 690 g/mol. The highest BCUT2D eigenvalue weighted by Crippen LogP contribution is 2.24. The lowest BCUT2D eigenvalue weighted by Crippen LogP contribution is -2.20. The number of alkyl halides is 1. The summed E-state index contributed by atoms with van der Waals surface area (Å²) in [5.74, 6) is 0.982. The van der Waals surface area contributed by atoms with Gasteiger partial charge in [0.2, 0.25) is 11.9 Å². The lowest BCUT2D eigenvalue weighted by molar-refractivity contribution is 0.101. The highest BCUT2D eigenvalue weighted by Gasteiger charge is 2.06. The van der Waals surface area contributed by atoms with Crippen LogP contribution in [0.2, 0.25) is 0 Å². The van der Waals surface area contributed by atoms with Crippen molar-refractivity contribution in [3.63, 3.8) is 0 Å². The Balaban J connectivity index is 0.000000219. The molecule has 39 heavy (non-hydrogen) atoms. The average Bonchev–Trinajstić information content (AvgIpc) is 3.43. The SMILES string of the molecule is Br.NC(=S)Nc1ncccn1.O=C(CBr)c1ccccn1.c1ccc(-c2csc(Nc3ncccn3)n2)nc1. The summed E-state index contributed by atoms with van der Waals surface area (Å²) in [6.45, 7) is 0. The minimum Gasteiger partial charge on any atom is -0.376 e. The molecule has 15 heteroatoms. The van der Waals surface area contributed by atoms with Crippen LogP contribution in [0.4, 0.5) is 17.0 Å². The summed E-state index contributed by atoms with van der Waals surface area (Å²) >= 11 is 9.12. The lowest BCUT2D eigenvalue weighted by atomic mass is 10.3. The van der Waals surface area contributed by atoms with Gasteiger partial charge in [0.25, 0.3) is 0 Å². The summed E-state index contributed by atoms with van der Waals surface area (Å²) in [5, 5.41) is 8.86. The van der Waals surface area contributed by atoms with Crippen molar-refractivity contribution in [3.05, 3.63) is 96.8 Å². The van der Waals surface area contributed by atoms with Crippen molar-refractivity contribution in [2.75, 3.05) is 16.0 Å². The Bertz CT molecular complexity index is 1400. The lowest BCUT2D eigenvalue weighted by Gasteiger charge is -1.98. The molecule has 0 saturated carbocycles. The molecule has 5 aromatic heterocycles. The molecule has 5 aromatic rings. The number of hydrogen-bond donors (Lipinski definition) is 3. The first-order chi connectivity index (χ1) is 18.5. The van der Waals surface area contributed by atoms with Crippen molar-refractivity contribution in [3.8, 4) is 11.4 Å². The first-order valence-corrected chi connectivity index (χ1v) is 13.2. The van der Waals surface area contributed by atoms with Crippen LogP contribution < -0.4 is 16.4 Å². The number of carbonyl (C=O) groups is 1. The number of thiocarbonyl (C=S) groups is 1. The van der Waals surface area contributed by atoms with Crippen LogP contribution in [-0.2, 0) is 0 Å². The van der Waals surface area contributed by atoms with Crippen molar-refractivity contribution >= 4 is 84.4 Å². The first kappa shape index (κ1) is 31.4. The standard InChI is InChI=1S/C12H9N5S.C7H6BrNO.C5H6N4S.BrH/c1-2-5-13-9(4-1)10-8-18-12(16-10)17-11-14-6-3-7-15-11;8-5-7(10)6-3-1-2-4-9-6;6-4(10)9-5-7-2-1-3-8-5;/h1-8H,(H,14,15,16,17);1-4H,5H2;1-3H,(H3,6,7,8,9,10);1H. The molecular weight excluding hydrogens is 668 g/mol. The molecule has 11 nitrogen and oxygen atoms in total. The van der Waals surface area contributed by atoms with Gasteiger partial charge in [-0.25, -0.2) is 24.9 Å². The predicted molar refractivity (Wildman–Crippen MR) is 166 cm³/mol. The Kier molecular flexibility index (Phi) is 14.2. The highest BCUT2D eigenvalue weighted by molar-refractivity contribution is 9.09. The summed E-state index contributed by atoms with van der Waals surface area (Å²) in [4.78, 5) is 39.3. The van der Waals surface area contributed by atoms with E-state index in [0.29, 0.717) is 22.9 Å². The van der Waals surface area contributed by atoms with Gasteiger partial charge in [-0.05, 0) is 48.6 Å². The number of nitrogens with zero attached hydrogens (tertiary/aromatic N) is 7. The van der Waals surface area contributed by atoms with Crippen LogP contribution in [0.1, 0.15) is 10.5 Å². The summed E-state index contributed by atoms with van der Waals surface area (Å²) < 4.78 is 0. The summed E-state index contributed by atoms with van der Waals surface area (Å²) in [6.07, 6.45) is 9.93. The van der Waals surface area contributed by atoms with E-state index in [4.69, 9.17) is 5.73 Å². The number of halogens is 2. The summed E-state index contributed by atoms with van der Waals surface area (Å²) in [6, 6.07) is 14.5. The van der Waals surface area contributed by atoms with Crippen LogP contribution in [0.15, 0.2) is 91.1 Å². The number of Topliss-reactive ketones (excluding diaryl/α,β-unsaturated/α-hetero) is 1. The largest absolute Gasteiger partial charge is 0.376 e. The minimum atomic E-state index is 0. The van der Waals surface area contributed by atoms with E-state index in [1.807, 2.05) is 23.6 Å². The van der Waals surface area contributed by atoms with Gasteiger partial charge in [0.15, 0.2) is 16.0 Å². The summed E-state index contributed by atoms with van der Waals surface area (Å²) in [7, 11) is 0. The second kappa shape index (κ2) is 17.7. The fourth-order valence-corrected chi connectivity index (χ4v) is 3.57. The number of hydrogen-bond acceptors (Lipinski definition) is 11. The molecule has 0 aliphatic heterocycles. The van der Waals surface area contributed by atoms with Gasteiger partial charge in [0.05, 0.1) is 11.0 Å². The number of anilines is 3. The van der Waals surface area contributed by atoms with Crippen LogP contribution in [0.5, 0.6) is 0 Å². The van der Waals surface area contributed by atoms with Crippen molar-refractivity contribution in [1.82, 2.24) is 34.9 Å². The Morgan fingerprint density at radius 2 is 1.41 bits per heavy atom. The minimum absolute atomic E-state index is 0. The Morgan fingerprint density at radius 1 is 0.821 bits per heavy atom. The van der Waals surface area contributed by atoms with Crippen molar-refractivity contribution < 1.29 is 4.79 Å². The van der Waals surface area contributed by atoms with Gasteiger partial charge in [-0.1, -0.05) is 28.1 Å². The zero-order valence-corrected chi connectivity index (χ0v) is 25.0. The van der Waals surface area contributed by atoms with Crippen LogP contribution in [0, 0.1) is 0 Å². The predicted octanol–water partition coefficient (Wildman–Crippen LogP) is 5.11. The van der Waals surface area contributed by atoms with Crippen LogP contribution >= 0.6 is 56.5 Å². The molecule has 5 heterocycles. The molecule has 0 aliphatic rings. The fourth-order valence-electron chi connectivity index (χ4n) is 2.49. The van der Waals surface area contributed by atoms with Crippen LogP contribution in [0.25, 0.3) is 11.4 Å². The molecule has 0 spiro atoms. The molecule has 200 valence electrons. The van der Waals surface area contributed by atoms with Gasteiger partial charge >= 0.3 is 0 Å². The molecule has 4 N–H and O–H groups in total. The number of carbonyl (C=O) groups excluding carboxylic acids is 1. The molecular formula is C24H22Br2N10OS2. The molecule has 5 rings (SSSR count). The molecule has 0 bridgehead atoms. The Hall–Kier alpha value is -3.79. The third-order valence-electron chi connectivity index (χ3n) is 4.09. The quantitative estimate of drug-likeness (QED) is 0.123. The third-order valence-corrected chi connectivity index (χ3v) is 5.46. The molecule has 0 unspecified atom stereocenters. The van der Waals surface area contributed by atoms with Gasteiger partial charge in [0.1, 0.15) is 11.4 Å². The van der Waals surface area contributed by atoms with E-state index in [1.165, 1.54) is 11.3 Å². The molecule has 0 amide bonds. The Morgan fingerprint density at radius 3 is 1.95 bits per heavy atom. The van der Waals surface area contributed by atoms with Gasteiger partial charge in [-0.2, -0.15) is 0 Å². The topological polar surface area (TPSA) is 157 Å². The molecule has 0 aromatic carbocycles. The van der Waals surface area contributed by atoms with Crippen molar-refractivity contribution in [2.24, 2.45) is 5.73 Å². The van der Waals surface area contributed by atoms with Crippen molar-refractivity contribution in [1.29, 1.82) is 0 Å². The van der Waals surface area contributed by atoms with E-state index >= 15 is 0 Å². The van der Waals surface area contributed by atoms with E-state index in [1.54, 1.807) is 67.5 Å². The molecule has 0 atom stereocenters. The number of nitrogens with two attached hydrogens (primary N) is 1. The van der Waals surface area contributed by atoms with Gasteiger partial charge in [0, 0.05) is 42.6 Å². The number of nitrogens with one attached hydrogen (secondary N) is 2. The molecule has 0 fully saturated rings. The van der Waals surface area contributed by atoms with E-state index in [2.05, 4.69) is 73.7 Å². The van der Waals surface area contributed by atoms with Gasteiger partial charge in [-0.3, -0.25) is 14.8 Å². The smallest absolute Gasteiger partial charge is 0.228 e. The maximum Gasteiger partial charge on any atom is 0.228 e. The Labute approximate surface area is 252 Å². The number of ketones is 1. The van der Waals surface area contributed by atoms with Crippen LogP contribution in [-0.4, -0.2) is 51.1 Å². The zero-order valence-electron chi connectivity index (χ0n) is 20.1. The molecule has 0 radical (unpaired) electrons. The van der Waals surface area contributed by atoms with E-state index in [0.717, 1.165) is 16.5 Å². The number of pyridine rings is 2. The van der Waals surface area contributed by atoms with Gasteiger partial charge < -0.3 is 16.4 Å². The number of thiazole rings is 1. The zero-order chi connectivity index (χ0) is 27.0. The normalized spacial score (nSPS) is 9.36. The number of rotatable bonds is 6. The second-order valence-electron chi connectivity index (χ2n) is 6.78. The highest BCUT2D eigenvalue weighted by atomic mass is 79.9. The summed E-state index contributed by atoms with van der Waals surface area (Å²) in [5.41, 5.74) is 7.38. The number of aromatic nitrogens is 7. The van der Waals surface area contributed by atoms with E-state index in [9.17, 15) is 4.79 Å². The first-order valence-electron chi connectivity index (χ1n) is 10.8. The third kappa shape index (κ3) is 11.6. The van der Waals surface area contributed by atoms with E-state index in [-0.39, 0.29) is 27.9 Å². The molecule has 0 aliphatic carbocycles. The molecule has 0 saturated heterocycles. The maximum atomic E-state index is 10.9. The van der Waals surface area contributed by atoms with Crippen molar-refractivity contribution in [2.45, 2.75) is 0 Å². The van der Waals surface area contributed by atoms with Crippen LogP contribution in [0.3, 0.4) is 0 Å². The maximum absolute atomic E-state index is 10.9.